The van der Waals surface area contributed by atoms with Gasteiger partial charge in [0.2, 0.25) is 5.82 Å². The van der Waals surface area contributed by atoms with Gasteiger partial charge < -0.3 is 34.9 Å². The number of primary amides is 1. The zero-order valence-electron chi connectivity index (χ0n) is 13.5. The lowest BCUT2D eigenvalue weighted by Crippen LogP contribution is -2.34. The average Bonchev–Trinajstić information content (AvgIpc) is 3.17. The molecule has 0 saturated carbocycles. The van der Waals surface area contributed by atoms with Gasteiger partial charge in [-0.15, -0.1) is 5.10 Å². The number of carbonyl (C=O) groups excluding carboxylic acids is 2. The van der Waals surface area contributed by atoms with E-state index < -0.39 is 36.4 Å². The summed E-state index contributed by atoms with van der Waals surface area (Å²) in [6, 6.07) is 0. The van der Waals surface area contributed by atoms with E-state index in [1.807, 2.05) is 0 Å². The van der Waals surface area contributed by atoms with Crippen molar-refractivity contribution in [1.82, 2.24) is 14.8 Å². The summed E-state index contributed by atoms with van der Waals surface area (Å²) in [5, 5.41) is 23.8. The summed E-state index contributed by atoms with van der Waals surface area (Å²) in [6.07, 6.45) is -3.63. The zero-order chi connectivity index (χ0) is 18.4. The Bertz CT molecular complexity index is 594. The van der Waals surface area contributed by atoms with E-state index in [2.05, 4.69) is 10.1 Å². The van der Waals surface area contributed by atoms with E-state index >= 15 is 0 Å². The normalized spacial score (nSPS) is 25.9. The summed E-state index contributed by atoms with van der Waals surface area (Å²) < 4.78 is 21.2. The highest BCUT2D eigenvalue weighted by Gasteiger charge is 2.45. The Kier molecular flexibility index (Phi) is 6.78. The molecule has 4 unspecified atom stereocenters. The molecule has 1 aromatic rings. The number of aromatic nitrogens is 3. The molecule has 0 aliphatic carbocycles. The molecule has 2 rings (SSSR count). The van der Waals surface area contributed by atoms with Crippen molar-refractivity contribution < 1.29 is 38.7 Å². The van der Waals surface area contributed by atoms with Crippen molar-refractivity contribution in [2.45, 2.75) is 24.5 Å². The van der Waals surface area contributed by atoms with E-state index in [4.69, 9.17) is 24.7 Å². The van der Waals surface area contributed by atoms with Crippen LogP contribution in [0.2, 0.25) is 0 Å². The predicted octanol–water partition coefficient (Wildman–Crippen LogP) is -2.80. The molecule has 1 aliphatic heterocycles. The lowest BCUT2D eigenvalue weighted by atomic mass is 10.1. The summed E-state index contributed by atoms with van der Waals surface area (Å²) in [4.78, 5) is 26.2. The average molecular weight is 360 g/mol. The fourth-order valence-corrected chi connectivity index (χ4v) is 2.11. The number of nitrogens with zero attached hydrogens (tertiary/aromatic N) is 3. The van der Waals surface area contributed by atoms with Gasteiger partial charge in [0.25, 0.3) is 5.91 Å². The monoisotopic (exact) mass is 360 g/mol. The molecule has 1 saturated heterocycles. The van der Waals surface area contributed by atoms with Gasteiger partial charge in [-0.25, -0.2) is 14.5 Å². The summed E-state index contributed by atoms with van der Waals surface area (Å²) in [5.74, 6) is -1.75. The second-order valence-electron chi connectivity index (χ2n) is 5.19. The number of hydrogen-bond donors (Lipinski definition) is 3. The number of ether oxygens (including phenoxy) is 4. The second-order valence-corrected chi connectivity index (χ2v) is 5.19. The maximum Gasteiger partial charge on any atom is 0.332 e. The fourth-order valence-electron chi connectivity index (χ4n) is 2.11. The lowest BCUT2D eigenvalue weighted by Gasteiger charge is -2.14. The molecule has 0 radical (unpaired) electrons. The van der Waals surface area contributed by atoms with Crippen molar-refractivity contribution in [1.29, 1.82) is 0 Å². The van der Waals surface area contributed by atoms with Gasteiger partial charge >= 0.3 is 5.97 Å². The number of methoxy groups -OCH3 is 1. The Hall–Kier alpha value is -2.12. The van der Waals surface area contributed by atoms with Crippen LogP contribution in [0.1, 0.15) is 16.8 Å². The minimum absolute atomic E-state index is 0.240. The molecule has 0 aromatic carbocycles. The van der Waals surface area contributed by atoms with Gasteiger partial charge in [-0.2, -0.15) is 0 Å². The van der Waals surface area contributed by atoms with Gasteiger partial charge in [-0.1, -0.05) is 0 Å². The van der Waals surface area contributed by atoms with E-state index in [9.17, 15) is 19.8 Å². The van der Waals surface area contributed by atoms with E-state index in [-0.39, 0.29) is 25.6 Å². The topological polar surface area (TPSA) is 168 Å². The third-order valence-electron chi connectivity index (χ3n) is 3.39. The first-order valence-electron chi connectivity index (χ1n) is 7.39. The number of aliphatic hydroxyl groups is 2. The van der Waals surface area contributed by atoms with Crippen LogP contribution >= 0.6 is 0 Å². The summed E-state index contributed by atoms with van der Waals surface area (Å²) in [6.45, 7) is 0.0159. The van der Waals surface area contributed by atoms with Gasteiger partial charge in [0.05, 0.1) is 13.2 Å². The van der Waals surface area contributed by atoms with Crippen LogP contribution in [0.15, 0.2) is 6.33 Å². The molecule has 12 nitrogen and oxygen atoms in total. The van der Waals surface area contributed by atoms with Crippen LogP contribution < -0.4 is 5.73 Å². The van der Waals surface area contributed by atoms with Crippen LogP contribution in [0.3, 0.4) is 0 Å². The Morgan fingerprint density at radius 1 is 1.36 bits per heavy atom. The summed E-state index contributed by atoms with van der Waals surface area (Å²) in [5.41, 5.74) is 5.05. The number of aliphatic hydroxyl groups excluding tert-OH is 2. The molecule has 1 fully saturated rings. The third kappa shape index (κ3) is 4.93. The molecule has 4 atom stereocenters. The highest BCUT2D eigenvalue weighted by molar-refractivity contribution is 5.88. The second kappa shape index (κ2) is 8.82. The first-order chi connectivity index (χ1) is 11.9. The van der Waals surface area contributed by atoms with Crippen LogP contribution in [0.25, 0.3) is 0 Å². The van der Waals surface area contributed by atoms with Crippen molar-refractivity contribution in [3.63, 3.8) is 0 Å². The lowest BCUT2D eigenvalue weighted by molar-refractivity contribution is -0.155. The van der Waals surface area contributed by atoms with Crippen LogP contribution in [0.5, 0.6) is 0 Å². The Labute approximate surface area is 142 Å². The van der Waals surface area contributed by atoms with E-state index in [1.54, 1.807) is 0 Å². The Morgan fingerprint density at radius 3 is 2.76 bits per heavy atom. The van der Waals surface area contributed by atoms with Gasteiger partial charge in [0, 0.05) is 7.11 Å². The minimum atomic E-state index is -1.36. The van der Waals surface area contributed by atoms with Crippen LogP contribution in [-0.2, 0) is 23.7 Å². The van der Waals surface area contributed by atoms with Crippen molar-refractivity contribution in [3.8, 4) is 0 Å². The highest BCUT2D eigenvalue weighted by atomic mass is 16.6. The van der Waals surface area contributed by atoms with Gasteiger partial charge in [0.15, 0.2) is 6.23 Å². The molecule has 140 valence electrons. The van der Waals surface area contributed by atoms with E-state index in [0.29, 0.717) is 6.61 Å². The molecule has 0 spiro atoms. The zero-order valence-corrected chi connectivity index (χ0v) is 13.5. The molecular weight excluding hydrogens is 340 g/mol. The first-order valence-corrected chi connectivity index (χ1v) is 7.39. The van der Waals surface area contributed by atoms with Crippen molar-refractivity contribution in [3.05, 3.63) is 12.2 Å². The predicted molar refractivity (Wildman–Crippen MR) is 78.1 cm³/mol. The Balaban J connectivity index is 1.84. The molecule has 25 heavy (non-hydrogen) atoms. The molecule has 4 N–H and O–H groups in total. The van der Waals surface area contributed by atoms with Gasteiger partial charge in [0.1, 0.15) is 37.9 Å². The number of hydrogen-bond acceptors (Lipinski definition) is 10. The highest BCUT2D eigenvalue weighted by Crippen LogP contribution is 2.28. The largest absolute Gasteiger partial charge is 0.461 e. The first kappa shape index (κ1) is 19.2. The number of rotatable bonds is 9. The summed E-state index contributed by atoms with van der Waals surface area (Å²) >= 11 is 0. The fraction of sp³-hybridized carbons (Fsp3) is 0.692. The van der Waals surface area contributed by atoms with Crippen LogP contribution in [0.4, 0.5) is 0 Å². The number of esters is 1. The van der Waals surface area contributed by atoms with Crippen LogP contribution in [-0.4, -0.2) is 88.7 Å². The number of amides is 1. The molecule has 12 heteroatoms. The minimum Gasteiger partial charge on any atom is -0.461 e. The standard InChI is InChI=1S/C13H20N4O8/c1-22-2-3-23-5-8(18)24-4-7-9(19)10(20)13(25-7)17-6-15-12(16-17)11(14)21/h6-7,9-10,13,19-20H,2-5H2,1H3,(H2,14,21). The molecule has 1 amide bonds. The van der Waals surface area contributed by atoms with E-state index in [0.717, 1.165) is 11.0 Å². The smallest absolute Gasteiger partial charge is 0.332 e. The molecule has 1 aliphatic rings. The van der Waals surface area contributed by atoms with E-state index in [1.165, 1.54) is 7.11 Å². The maximum atomic E-state index is 11.5. The molecule has 1 aromatic heterocycles. The quantitative estimate of drug-likeness (QED) is 0.309. The van der Waals surface area contributed by atoms with Crippen molar-refractivity contribution in [2.24, 2.45) is 5.73 Å². The molecule has 2 heterocycles. The van der Waals surface area contributed by atoms with Crippen molar-refractivity contribution >= 4 is 11.9 Å². The Morgan fingerprint density at radius 2 is 2.12 bits per heavy atom. The number of nitrogens with two attached hydrogens (primary N) is 1. The molecular formula is C13H20N4O8. The SMILES string of the molecule is COCCOCC(=O)OCC1OC(n2cnc(C(N)=O)n2)C(O)C1O. The third-order valence-corrected chi connectivity index (χ3v) is 3.39. The van der Waals surface area contributed by atoms with Gasteiger partial charge in [-0.05, 0) is 0 Å². The van der Waals surface area contributed by atoms with Crippen molar-refractivity contribution in [2.75, 3.05) is 33.5 Å². The number of carbonyl (C=O) groups is 2. The molecule has 0 bridgehead atoms. The summed E-state index contributed by atoms with van der Waals surface area (Å²) in [7, 11) is 1.50. The van der Waals surface area contributed by atoms with Crippen LogP contribution in [0, 0.1) is 0 Å². The maximum absolute atomic E-state index is 11.5. The van der Waals surface area contributed by atoms with Gasteiger partial charge in [-0.3, -0.25) is 4.79 Å².